The minimum Gasteiger partial charge on any atom is -0.282 e. The molecule has 0 heterocycles. The molecule has 0 atom stereocenters. The summed E-state index contributed by atoms with van der Waals surface area (Å²) >= 11 is 0. The summed E-state index contributed by atoms with van der Waals surface area (Å²) in [6.45, 7) is 1.23. The highest BCUT2D eigenvalue weighted by Gasteiger charge is 2.21. The molecule has 0 saturated carbocycles. The molecule has 2 rings (SSSR count). The Balaban J connectivity index is 2.12. The molecular weight excluding hydrogens is 354 g/mol. The zero-order chi connectivity index (χ0) is 18.6. The molecular formula is C14H13N3O7S. The van der Waals surface area contributed by atoms with Crippen LogP contribution in [0.25, 0.3) is 0 Å². The average molecular weight is 367 g/mol. The Morgan fingerprint density at radius 2 is 1.68 bits per heavy atom. The molecule has 1 N–H and O–H groups in total. The van der Waals surface area contributed by atoms with E-state index in [0.717, 1.165) is 6.07 Å². The number of nitro benzene ring substituents is 2. The number of nitrogens with one attached hydrogen (secondary N) is 1. The number of nitrogens with zero attached hydrogens (tertiary/aromatic N) is 2. The molecule has 0 spiro atoms. The van der Waals surface area contributed by atoms with Crippen molar-refractivity contribution in [2.45, 2.75) is 18.4 Å². The molecule has 2 aromatic carbocycles. The second-order valence-corrected chi connectivity index (χ2v) is 6.62. The number of hydrogen-bond acceptors (Lipinski definition) is 7. The van der Waals surface area contributed by atoms with Crippen LogP contribution < -0.4 is 4.89 Å². The Morgan fingerprint density at radius 3 is 2.32 bits per heavy atom. The first kappa shape index (κ1) is 18.4. The van der Waals surface area contributed by atoms with Crippen molar-refractivity contribution in [2.24, 2.45) is 0 Å². The lowest BCUT2D eigenvalue weighted by atomic mass is 10.2. The Hall–Kier alpha value is -2.89. The molecule has 0 amide bonds. The molecule has 0 radical (unpaired) electrons. The van der Waals surface area contributed by atoms with Crippen molar-refractivity contribution in [1.82, 2.24) is 4.89 Å². The van der Waals surface area contributed by atoms with Gasteiger partial charge in [0.2, 0.25) is 0 Å². The number of sulfonamides is 1. The Labute approximate surface area is 142 Å². The fourth-order valence-corrected chi connectivity index (χ4v) is 3.06. The van der Waals surface area contributed by atoms with Crippen LogP contribution in [0.2, 0.25) is 0 Å². The second kappa shape index (κ2) is 7.34. The first-order valence-electron chi connectivity index (χ1n) is 6.82. The largest absolute Gasteiger partial charge is 0.282 e. The monoisotopic (exact) mass is 367 g/mol. The van der Waals surface area contributed by atoms with Crippen LogP contribution in [0.4, 0.5) is 11.4 Å². The van der Waals surface area contributed by atoms with Gasteiger partial charge in [-0.25, -0.2) is 8.42 Å². The molecule has 132 valence electrons. The van der Waals surface area contributed by atoms with Crippen molar-refractivity contribution in [2.75, 3.05) is 0 Å². The lowest BCUT2D eigenvalue weighted by Crippen LogP contribution is -2.24. The third-order valence-corrected chi connectivity index (χ3v) is 4.56. The lowest BCUT2D eigenvalue weighted by molar-refractivity contribution is -0.385. The SMILES string of the molecule is Cc1ccc([N+](=O)[O-])cc1S(=O)(=O)NOCc1cccc([N+](=O)[O-])c1. The van der Waals surface area contributed by atoms with Crippen LogP contribution in [0.1, 0.15) is 11.1 Å². The van der Waals surface area contributed by atoms with E-state index < -0.39 is 19.9 Å². The summed E-state index contributed by atoms with van der Waals surface area (Å²) in [5.74, 6) is 0. The predicted octanol–water partition coefficient (Wildman–Crippen LogP) is 2.22. The first-order chi connectivity index (χ1) is 11.7. The standard InChI is InChI=1S/C14H13N3O7S/c1-10-5-6-13(17(20)21)8-14(10)25(22,23)15-24-9-11-3-2-4-12(7-11)16(18)19/h2-8,15H,9H2,1H3. The first-order valence-corrected chi connectivity index (χ1v) is 8.31. The minimum absolute atomic E-state index is 0.154. The van der Waals surface area contributed by atoms with E-state index in [1.54, 1.807) is 0 Å². The highest BCUT2D eigenvalue weighted by Crippen LogP contribution is 2.21. The Bertz CT molecular complexity index is 928. The van der Waals surface area contributed by atoms with Gasteiger partial charge in [-0.05, 0) is 18.1 Å². The molecule has 0 fully saturated rings. The summed E-state index contributed by atoms with van der Waals surface area (Å²) in [4.78, 5) is 26.7. The summed E-state index contributed by atoms with van der Waals surface area (Å²) < 4.78 is 24.5. The Kier molecular flexibility index (Phi) is 5.41. The molecule has 2 aromatic rings. The fourth-order valence-electron chi connectivity index (χ4n) is 1.99. The quantitative estimate of drug-likeness (QED) is 0.584. The number of nitro groups is 2. The van der Waals surface area contributed by atoms with Crippen LogP contribution in [-0.4, -0.2) is 18.3 Å². The van der Waals surface area contributed by atoms with Crippen molar-refractivity contribution >= 4 is 21.4 Å². The minimum atomic E-state index is -4.15. The number of rotatable bonds is 7. The van der Waals surface area contributed by atoms with Gasteiger partial charge in [0.25, 0.3) is 21.4 Å². The van der Waals surface area contributed by atoms with Gasteiger partial charge in [0.1, 0.15) is 0 Å². The van der Waals surface area contributed by atoms with Gasteiger partial charge in [-0.15, -0.1) is 0 Å². The lowest BCUT2D eigenvalue weighted by Gasteiger charge is -2.09. The third-order valence-electron chi connectivity index (χ3n) is 3.20. The van der Waals surface area contributed by atoms with Crippen LogP contribution in [-0.2, 0) is 21.5 Å². The molecule has 0 aromatic heterocycles. The van der Waals surface area contributed by atoms with E-state index in [9.17, 15) is 28.6 Å². The van der Waals surface area contributed by atoms with Gasteiger partial charge in [-0.1, -0.05) is 23.1 Å². The van der Waals surface area contributed by atoms with Crippen LogP contribution in [0.15, 0.2) is 47.4 Å². The summed E-state index contributed by atoms with van der Waals surface area (Å²) in [5, 5.41) is 21.5. The summed E-state index contributed by atoms with van der Waals surface area (Å²) in [6, 6.07) is 8.93. The summed E-state index contributed by atoms with van der Waals surface area (Å²) in [5.41, 5.74) is 0.160. The average Bonchev–Trinajstić information content (AvgIpc) is 2.55. The predicted molar refractivity (Wildman–Crippen MR) is 86.0 cm³/mol. The van der Waals surface area contributed by atoms with Crippen molar-refractivity contribution in [3.05, 3.63) is 73.8 Å². The molecule has 10 nitrogen and oxygen atoms in total. The van der Waals surface area contributed by atoms with Crippen molar-refractivity contribution in [1.29, 1.82) is 0 Å². The van der Waals surface area contributed by atoms with E-state index in [2.05, 4.69) is 0 Å². The van der Waals surface area contributed by atoms with E-state index in [1.165, 1.54) is 43.3 Å². The van der Waals surface area contributed by atoms with Gasteiger partial charge >= 0.3 is 0 Å². The van der Waals surface area contributed by atoms with Gasteiger partial charge in [-0.3, -0.25) is 25.1 Å². The highest BCUT2D eigenvalue weighted by atomic mass is 32.2. The third kappa shape index (κ3) is 4.56. The molecule has 11 heteroatoms. The number of aryl methyl sites for hydroxylation is 1. The van der Waals surface area contributed by atoms with E-state index >= 15 is 0 Å². The van der Waals surface area contributed by atoms with E-state index in [-0.39, 0.29) is 22.9 Å². The van der Waals surface area contributed by atoms with Gasteiger partial charge in [0, 0.05) is 24.3 Å². The maximum Gasteiger partial charge on any atom is 0.270 e. The maximum atomic E-state index is 12.2. The number of non-ortho nitro benzene ring substituents is 2. The zero-order valence-electron chi connectivity index (χ0n) is 12.9. The smallest absolute Gasteiger partial charge is 0.270 e. The maximum absolute atomic E-state index is 12.2. The molecule has 0 aliphatic carbocycles. The molecule has 0 aliphatic rings. The van der Waals surface area contributed by atoms with Gasteiger partial charge < -0.3 is 0 Å². The zero-order valence-corrected chi connectivity index (χ0v) is 13.7. The second-order valence-electron chi connectivity index (χ2n) is 5.01. The van der Waals surface area contributed by atoms with Crippen molar-refractivity contribution in [3.8, 4) is 0 Å². The van der Waals surface area contributed by atoms with Crippen LogP contribution in [0.5, 0.6) is 0 Å². The normalized spacial score (nSPS) is 11.2. The molecule has 0 saturated heterocycles. The van der Waals surface area contributed by atoms with Gasteiger partial charge in [-0.2, -0.15) is 0 Å². The van der Waals surface area contributed by atoms with Crippen LogP contribution in [0.3, 0.4) is 0 Å². The number of benzene rings is 2. The highest BCUT2D eigenvalue weighted by molar-refractivity contribution is 7.89. The van der Waals surface area contributed by atoms with E-state index in [4.69, 9.17) is 4.84 Å². The summed E-state index contributed by atoms with van der Waals surface area (Å²) in [7, 11) is -4.15. The molecule has 0 unspecified atom stereocenters. The van der Waals surface area contributed by atoms with E-state index in [1.807, 2.05) is 4.89 Å². The van der Waals surface area contributed by atoms with Crippen LogP contribution >= 0.6 is 0 Å². The molecule has 0 aliphatic heterocycles. The topological polar surface area (TPSA) is 142 Å². The molecule has 0 bridgehead atoms. The van der Waals surface area contributed by atoms with Gasteiger partial charge in [0.05, 0.1) is 21.3 Å². The Morgan fingerprint density at radius 1 is 1.04 bits per heavy atom. The van der Waals surface area contributed by atoms with Crippen LogP contribution in [0, 0.1) is 27.2 Å². The number of hydrogen-bond donors (Lipinski definition) is 1. The summed E-state index contributed by atoms with van der Waals surface area (Å²) in [6.07, 6.45) is 0. The van der Waals surface area contributed by atoms with Crippen molar-refractivity contribution in [3.63, 3.8) is 0 Å². The van der Waals surface area contributed by atoms with E-state index in [0.29, 0.717) is 11.1 Å². The van der Waals surface area contributed by atoms with Gasteiger partial charge in [0.15, 0.2) is 0 Å². The fraction of sp³-hybridized carbons (Fsp3) is 0.143. The van der Waals surface area contributed by atoms with Crippen molar-refractivity contribution < 1.29 is 23.1 Å². The molecule has 25 heavy (non-hydrogen) atoms.